The van der Waals surface area contributed by atoms with Crippen molar-refractivity contribution in [3.63, 3.8) is 0 Å². The summed E-state index contributed by atoms with van der Waals surface area (Å²) >= 11 is 0. The van der Waals surface area contributed by atoms with Crippen LogP contribution >= 0.6 is 15.4 Å². The first-order chi connectivity index (χ1) is 8.67. The molecule has 19 heavy (non-hydrogen) atoms. The van der Waals surface area contributed by atoms with Crippen molar-refractivity contribution in [2.45, 2.75) is 24.0 Å². The normalized spacial score (nSPS) is 19.9. The molecular formula is C7H7NO9P2. The highest BCUT2D eigenvalue weighted by Crippen LogP contribution is 2.44. The minimum absolute atomic E-state index is 0.211. The lowest BCUT2D eigenvalue weighted by Crippen LogP contribution is -2.59. The molecule has 2 amide bonds. The number of hydrogen-bond donors (Lipinski definition) is 2. The molecule has 1 aliphatic rings. The fourth-order valence-electron chi connectivity index (χ4n) is 1.68. The highest BCUT2D eigenvalue weighted by molar-refractivity contribution is 7.39. The first-order valence-corrected chi connectivity index (χ1v) is 7.15. The van der Waals surface area contributed by atoms with Crippen LogP contribution in [0.5, 0.6) is 0 Å². The van der Waals surface area contributed by atoms with Crippen LogP contribution in [0.1, 0.15) is 12.8 Å². The smallest absolute Gasteiger partial charge is 0.358 e. The third-order valence-corrected chi connectivity index (χ3v) is 4.71. The Balaban J connectivity index is 3.63. The van der Waals surface area contributed by atoms with Crippen LogP contribution in [0.2, 0.25) is 0 Å². The van der Waals surface area contributed by atoms with E-state index in [1.54, 1.807) is 0 Å². The average molecular weight is 311 g/mol. The van der Waals surface area contributed by atoms with E-state index in [2.05, 4.69) is 0 Å². The van der Waals surface area contributed by atoms with E-state index in [9.17, 15) is 37.8 Å². The molecule has 12 heteroatoms. The van der Waals surface area contributed by atoms with Crippen LogP contribution in [0.3, 0.4) is 0 Å². The molecule has 104 valence electrons. The molecule has 1 rings (SSSR count). The number of aliphatic carboxylic acids is 1. The summed E-state index contributed by atoms with van der Waals surface area (Å²) in [4.78, 5) is 33.8. The van der Waals surface area contributed by atoms with Crippen molar-refractivity contribution in [2.75, 3.05) is 0 Å². The number of amides is 2. The second-order valence-corrected chi connectivity index (χ2v) is 5.83. The van der Waals surface area contributed by atoms with Crippen LogP contribution in [0.15, 0.2) is 0 Å². The Morgan fingerprint density at radius 2 is 1.58 bits per heavy atom. The Hall–Kier alpha value is -1.63. The molecule has 2 N–H and O–H groups in total. The molecule has 0 aromatic heterocycles. The Bertz CT molecular complexity index is 559. The van der Waals surface area contributed by atoms with Crippen molar-refractivity contribution >= 4 is 33.1 Å². The minimum atomic E-state index is -4.17. The van der Waals surface area contributed by atoms with Gasteiger partial charge in [-0.3, -0.25) is 9.59 Å². The number of hydrogen-bond acceptors (Lipinski definition) is 8. The minimum Gasteiger partial charge on any atom is -0.479 e. The Morgan fingerprint density at radius 1 is 1.16 bits per heavy atom. The molecule has 1 heterocycles. The molecule has 2 atom stereocenters. The lowest BCUT2D eigenvalue weighted by Gasteiger charge is -2.30. The number of imide groups is 1. The largest absolute Gasteiger partial charge is 0.479 e. The summed E-state index contributed by atoms with van der Waals surface area (Å²) in [6.45, 7) is 0. The summed E-state index contributed by atoms with van der Waals surface area (Å²) in [7, 11) is -8.10. The van der Waals surface area contributed by atoms with E-state index in [1.807, 2.05) is 0 Å². The van der Waals surface area contributed by atoms with Crippen molar-refractivity contribution in [1.82, 2.24) is 4.90 Å². The SMILES string of the molecule is O=C1CCC(=O)N1C(C(=O)O)(C(O)P(=O)=O)P(=O)=O. The second-order valence-electron chi connectivity index (χ2n) is 3.57. The number of likely N-dealkylation sites (tertiary alicyclic amines) is 1. The standard InChI is InChI=1S/C7H7NO9P2/c9-3-1-2-4(10)8(3)7(5(11)12,19(16)17)6(13)18(14)15/h6,13H,1-2H2,(H,11,12). The van der Waals surface area contributed by atoms with Gasteiger partial charge in [-0.15, -0.1) is 0 Å². The van der Waals surface area contributed by atoms with Crippen molar-refractivity contribution < 1.29 is 42.9 Å². The van der Waals surface area contributed by atoms with Crippen LogP contribution < -0.4 is 0 Å². The maximum Gasteiger partial charge on any atom is 0.358 e. The predicted molar refractivity (Wildman–Crippen MR) is 54.0 cm³/mol. The zero-order valence-corrected chi connectivity index (χ0v) is 10.9. The van der Waals surface area contributed by atoms with Gasteiger partial charge in [0.2, 0.25) is 17.7 Å². The Kier molecular flexibility index (Phi) is 4.19. The van der Waals surface area contributed by atoms with Gasteiger partial charge in [0.05, 0.1) is 0 Å². The van der Waals surface area contributed by atoms with E-state index in [-0.39, 0.29) is 4.90 Å². The number of carbonyl (C=O) groups excluding carboxylic acids is 2. The summed E-state index contributed by atoms with van der Waals surface area (Å²) in [5.74, 6) is -7.63. The number of rotatable bonds is 5. The molecular weight excluding hydrogens is 304 g/mol. The first kappa shape index (κ1) is 15.4. The van der Waals surface area contributed by atoms with Gasteiger partial charge in [-0.1, -0.05) is 0 Å². The average Bonchev–Trinajstić information content (AvgIpc) is 2.60. The molecule has 0 bridgehead atoms. The van der Waals surface area contributed by atoms with Crippen molar-refractivity contribution in [2.24, 2.45) is 0 Å². The lowest BCUT2D eigenvalue weighted by atomic mass is 10.2. The molecule has 2 unspecified atom stereocenters. The van der Waals surface area contributed by atoms with Gasteiger partial charge in [0.1, 0.15) is 0 Å². The summed E-state index contributed by atoms with van der Waals surface area (Å²) < 4.78 is 43.8. The topological polar surface area (TPSA) is 163 Å². The fraction of sp³-hybridized carbons (Fsp3) is 0.571. The maximum absolute atomic E-state index is 11.4. The van der Waals surface area contributed by atoms with E-state index in [0.29, 0.717) is 0 Å². The highest BCUT2D eigenvalue weighted by atomic mass is 31.1. The molecule has 1 fully saturated rings. The molecule has 0 aliphatic carbocycles. The maximum atomic E-state index is 11.4. The molecule has 1 saturated heterocycles. The van der Waals surface area contributed by atoms with Gasteiger partial charge in [0, 0.05) is 12.8 Å². The molecule has 0 saturated carbocycles. The van der Waals surface area contributed by atoms with Gasteiger partial charge in [0.25, 0.3) is 5.28 Å². The van der Waals surface area contributed by atoms with Crippen LogP contribution in [0, 0.1) is 0 Å². The molecule has 0 spiro atoms. The van der Waals surface area contributed by atoms with Crippen LogP contribution in [0.4, 0.5) is 0 Å². The lowest BCUT2D eigenvalue weighted by molar-refractivity contribution is -0.160. The van der Waals surface area contributed by atoms with Gasteiger partial charge < -0.3 is 10.2 Å². The van der Waals surface area contributed by atoms with Gasteiger partial charge >= 0.3 is 21.3 Å². The zero-order chi connectivity index (χ0) is 15.0. The second kappa shape index (κ2) is 5.16. The van der Waals surface area contributed by atoms with E-state index in [1.165, 1.54) is 0 Å². The van der Waals surface area contributed by atoms with E-state index in [0.717, 1.165) is 0 Å². The van der Waals surface area contributed by atoms with Crippen molar-refractivity contribution in [1.29, 1.82) is 0 Å². The monoisotopic (exact) mass is 311 g/mol. The predicted octanol–water partition coefficient (Wildman–Crippen LogP) is -0.419. The number of carboxylic acid groups (broad SMARTS) is 1. The zero-order valence-electron chi connectivity index (χ0n) is 9.09. The molecule has 10 nitrogen and oxygen atoms in total. The summed E-state index contributed by atoms with van der Waals surface area (Å²) in [5, 5.41) is 14.8. The summed E-state index contributed by atoms with van der Waals surface area (Å²) in [5.41, 5.74) is 0. The van der Waals surface area contributed by atoms with E-state index in [4.69, 9.17) is 5.11 Å². The highest BCUT2D eigenvalue weighted by Gasteiger charge is 2.64. The van der Waals surface area contributed by atoms with Crippen LogP contribution in [-0.2, 0) is 32.6 Å². The first-order valence-electron chi connectivity index (χ1n) is 4.72. The van der Waals surface area contributed by atoms with Gasteiger partial charge in [0.15, 0.2) is 0 Å². The third-order valence-electron chi connectivity index (χ3n) is 2.55. The quantitative estimate of drug-likeness (QED) is 0.506. The van der Waals surface area contributed by atoms with Crippen molar-refractivity contribution in [3.8, 4) is 0 Å². The summed E-state index contributed by atoms with van der Waals surface area (Å²) in [6, 6.07) is 0. The van der Waals surface area contributed by atoms with Crippen LogP contribution in [-0.4, -0.2) is 44.0 Å². The summed E-state index contributed by atoms with van der Waals surface area (Å²) in [6.07, 6.45) is -0.918. The number of aliphatic hydroxyl groups excluding tert-OH is 1. The third kappa shape index (κ3) is 2.18. The molecule has 0 radical (unpaired) electrons. The number of carbonyl (C=O) groups is 3. The Morgan fingerprint density at radius 3 is 1.84 bits per heavy atom. The number of aliphatic hydroxyl groups is 1. The van der Waals surface area contributed by atoms with E-state index >= 15 is 0 Å². The van der Waals surface area contributed by atoms with Gasteiger partial charge in [-0.2, -0.15) is 0 Å². The van der Waals surface area contributed by atoms with E-state index < -0.39 is 57.1 Å². The Labute approximate surface area is 106 Å². The fourth-order valence-corrected chi connectivity index (χ4v) is 3.50. The van der Waals surface area contributed by atoms with Gasteiger partial charge in [-0.05, 0) is 0 Å². The molecule has 1 aliphatic heterocycles. The van der Waals surface area contributed by atoms with Crippen LogP contribution in [0.25, 0.3) is 0 Å². The number of nitrogens with zero attached hydrogens (tertiary/aromatic N) is 1. The molecule has 0 aromatic carbocycles. The van der Waals surface area contributed by atoms with Gasteiger partial charge in [-0.25, -0.2) is 28.0 Å². The number of carboxylic acids is 1. The van der Waals surface area contributed by atoms with Crippen molar-refractivity contribution in [3.05, 3.63) is 0 Å². The molecule has 0 aromatic rings.